The fourth-order valence-corrected chi connectivity index (χ4v) is 6.94. The lowest BCUT2D eigenvalue weighted by molar-refractivity contribution is -0.135. The molecule has 2 heterocycles. The molecule has 0 aromatic heterocycles. The zero-order valence-corrected chi connectivity index (χ0v) is 30.4. The Balaban J connectivity index is 1.29. The smallest absolute Gasteiger partial charge is 0.410 e. The highest BCUT2D eigenvalue weighted by Crippen LogP contribution is 2.34. The van der Waals surface area contributed by atoms with E-state index in [9.17, 15) is 14.4 Å². The number of amides is 3. The molecular formula is C35H37Cl5N4O4. The fourth-order valence-electron chi connectivity index (χ4n) is 6.47. The van der Waals surface area contributed by atoms with Gasteiger partial charge in [-0.25, -0.2) is 4.79 Å². The van der Waals surface area contributed by atoms with Crippen LogP contribution in [0.3, 0.4) is 0 Å². The molecule has 0 spiro atoms. The van der Waals surface area contributed by atoms with E-state index in [4.69, 9.17) is 62.7 Å². The van der Waals surface area contributed by atoms with Gasteiger partial charge in [0, 0.05) is 37.8 Å². The van der Waals surface area contributed by atoms with E-state index in [2.05, 4.69) is 5.32 Å². The van der Waals surface area contributed by atoms with Gasteiger partial charge in [0.2, 0.25) is 9.70 Å². The number of piperidine rings is 1. The van der Waals surface area contributed by atoms with Crippen LogP contribution in [0.15, 0.2) is 66.7 Å². The first kappa shape index (κ1) is 36.6. The lowest BCUT2D eigenvalue weighted by Crippen LogP contribution is -2.55. The Labute approximate surface area is 306 Å². The molecule has 0 bridgehead atoms. The number of carbonyl (C=O) groups is 3. The van der Waals surface area contributed by atoms with Crippen LogP contribution in [0.2, 0.25) is 10.0 Å². The molecule has 48 heavy (non-hydrogen) atoms. The summed E-state index contributed by atoms with van der Waals surface area (Å²) >= 11 is 30.1. The van der Waals surface area contributed by atoms with Gasteiger partial charge in [0.05, 0.1) is 28.7 Å². The molecule has 5 rings (SSSR count). The summed E-state index contributed by atoms with van der Waals surface area (Å²) in [5.41, 5.74) is 4.38. The molecule has 0 saturated carbocycles. The first-order chi connectivity index (χ1) is 22.8. The van der Waals surface area contributed by atoms with Gasteiger partial charge in [0.15, 0.2) is 0 Å². The van der Waals surface area contributed by atoms with E-state index < -0.39 is 15.9 Å². The van der Waals surface area contributed by atoms with Gasteiger partial charge in [-0.05, 0) is 62.1 Å². The highest BCUT2D eigenvalue weighted by molar-refractivity contribution is 6.67. The molecule has 256 valence electrons. The quantitative estimate of drug-likeness (QED) is 0.248. The van der Waals surface area contributed by atoms with Crippen molar-refractivity contribution in [3.63, 3.8) is 0 Å². The van der Waals surface area contributed by atoms with Crippen molar-refractivity contribution in [2.24, 2.45) is 0 Å². The zero-order valence-electron chi connectivity index (χ0n) is 26.6. The van der Waals surface area contributed by atoms with Gasteiger partial charge >= 0.3 is 6.09 Å². The average molecular weight is 755 g/mol. The van der Waals surface area contributed by atoms with Crippen molar-refractivity contribution >= 4 is 75.9 Å². The molecule has 13 heteroatoms. The van der Waals surface area contributed by atoms with E-state index in [1.54, 1.807) is 26.8 Å². The highest BCUT2D eigenvalue weighted by Gasteiger charge is 2.37. The van der Waals surface area contributed by atoms with E-state index in [1.165, 1.54) is 0 Å². The standard InChI is InChI=1S/C35H37Cl5N4O4/c1-22-14-23(2)16-26(15-22)33(46)42-12-13-43(31(20-42)25-8-9-28(36)29(37)17-25)32(45)19-41-27-10-11-44(34(47)48-21-35(38,39)40)30(18-27)24-6-4-3-5-7-24/h3-9,14-17,27,30-31,41H,10-13,18-21H2,1-2H3. The van der Waals surface area contributed by atoms with Crippen molar-refractivity contribution in [1.29, 1.82) is 0 Å². The SMILES string of the molecule is Cc1cc(C)cc(C(=O)N2CCN(C(=O)CNC3CCN(C(=O)OCC(Cl)(Cl)Cl)C(c4ccccc4)C3)C(c3ccc(Cl)c(Cl)c3)C2)c1. The number of aryl methyl sites for hydroxylation is 2. The second-order valence-corrected chi connectivity index (χ2v) is 15.6. The topological polar surface area (TPSA) is 82.2 Å². The molecule has 3 atom stereocenters. The van der Waals surface area contributed by atoms with Gasteiger partial charge in [0.1, 0.15) is 6.61 Å². The first-order valence-electron chi connectivity index (χ1n) is 15.7. The van der Waals surface area contributed by atoms with Crippen molar-refractivity contribution in [3.05, 3.63) is 105 Å². The second-order valence-electron chi connectivity index (χ2n) is 12.3. The van der Waals surface area contributed by atoms with Gasteiger partial charge < -0.3 is 24.8 Å². The normalized spacial score (nSPS) is 20.1. The molecule has 3 aromatic rings. The van der Waals surface area contributed by atoms with Crippen LogP contribution in [0.5, 0.6) is 0 Å². The monoisotopic (exact) mass is 752 g/mol. The lowest BCUT2D eigenvalue weighted by Gasteiger charge is -2.42. The molecule has 2 saturated heterocycles. The van der Waals surface area contributed by atoms with Crippen LogP contribution in [0.4, 0.5) is 4.79 Å². The van der Waals surface area contributed by atoms with E-state index in [1.807, 2.05) is 68.4 Å². The number of carbonyl (C=O) groups excluding carboxylic acids is 3. The number of likely N-dealkylation sites (tertiary alicyclic amines) is 1. The highest BCUT2D eigenvalue weighted by atomic mass is 35.6. The summed E-state index contributed by atoms with van der Waals surface area (Å²) in [5, 5.41) is 4.23. The summed E-state index contributed by atoms with van der Waals surface area (Å²) in [6.45, 7) is 5.07. The van der Waals surface area contributed by atoms with Crippen LogP contribution >= 0.6 is 58.0 Å². The van der Waals surface area contributed by atoms with E-state index in [0.717, 1.165) is 22.3 Å². The van der Waals surface area contributed by atoms with Crippen molar-refractivity contribution in [2.45, 2.75) is 48.6 Å². The summed E-state index contributed by atoms with van der Waals surface area (Å²) in [4.78, 5) is 45.8. The van der Waals surface area contributed by atoms with Crippen molar-refractivity contribution in [3.8, 4) is 0 Å². The molecule has 0 aliphatic carbocycles. The summed E-state index contributed by atoms with van der Waals surface area (Å²) < 4.78 is 3.59. The number of ether oxygens (including phenoxy) is 1. The summed E-state index contributed by atoms with van der Waals surface area (Å²) in [6.07, 6.45) is 0.574. The number of halogens is 5. The van der Waals surface area contributed by atoms with Crippen LogP contribution in [-0.2, 0) is 9.53 Å². The predicted molar refractivity (Wildman–Crippen MR) is 191 cm³/mol. The van der Waals surface area contributed by atoms with Gasteiger partial charge in [-0.1, -0.05) is 112 Å². The second kappa shape index (κ2) is 15.9. The number of piperazine rings is 1. The number of alkyl halides is 3. The van der Waals surface area contributed by atoms with Crippen molar-refractivity contribution in [1.82, 2.24) is 20.0 Å². The van der Waals surface area contributed by atoms with Gasteiger partial charge in [-0.3, -0.25) is 9.59 Å². The minimum Gasteiger partial charge on any atom is -0.445 e. The van der Waals surface area contributed by atoms with Crippen LogP contribution in [0.25, 0.3) is 0 Å². The van der Waals surface area contributed by atoms with Crippen LogP contribution in [0, 0.1) is 13.8 Å². The Bertz CT molecular complexity index is 1620. The molecule has 8 nitrogen and oxygen atoms in total. The minimum absolute atomic E-state index is 0.0627. The Morgan fingerprint density at radius 3 is 2.21 bits per heavy atom. The number of hydrogen-bond acceptors (Lipinski definition) is 5. The summed E-state index contributed by atoms with van der Waals surface area (Å²) in [5.74, 6) is -0.187. The van der Waals surface area contributed by atoms with Crippen LogP contribution in [-0.4, -0.2) is 81.8 Å². The number of rotatable bonds is 7. The van der Waals surface area contributed by atoms with Crippen molar-refractivity contribution < 1.29 is 19.1 Å². The third-order valence-electron chi connectivity index (χ3n) is 8.71. The molecule has 2 aliphatic heterocycles. The number of nitrogens with zero attached hydrogens (tertiary/aromatic N) is 3. The summed E-state index contributed by atoms with van der Waals surface area (Å²) in [7, 11) is 0. The molecule has 2 fully saturated rings. The maximum absolute atomic E-state index is 13.9. The van der Waals surface area contributed by atoms with Crippen LogP contribution < -0.4 is 5.32 Å². The third-order valence-corrected chi connectivity index (χ3v) is 9.77. The lowest BCUT2D eigenvalue weighted by atomic mass is 9.92. The molecule has 3 amide bonds. The van der Waals surface area contributed by atoms with Gasteiger partial charge in [-0.15, -0.1) is 0 Å². The number of nitrogens with one attached hydrogen (secondary N) is 1. The van der Waals surface area contributed by atoms with Gasteiger partial charge in [0.25, 0.3) is 5.91 Å². The zero-order chi connectivity index (χ0) is 34.6. The Morgan fingerprint density at radius 2 is 1.54 bits per heavy atom. The molecule has 3 unspecified atom stereocenters. The molecule has 2 aliphatic rings. The first-order valence-corrected chi connectivity index (χ1v) is 17.6. The largest absolute Gasteiger partial charge is 0.445 e. The number of benzene rings is 3. The van der Waals surface area contributed by atoms with E-state index >= 15 is 0 Å². The minimum atomic E-state index is -1.72. The van der Waals surface area contributed by atoms with Gasteiger partial charge in [-0.2, -0.15) is 0 Å². The van der Waals surface area contributed by atoms with Crippen molar-refractivity contribution in [2.75, 3.05) is 39.3 Å². The Morgan fingerprint density at radius 1 is 0.833 bits per heavy atom. The Hall–Kier alpha value is -2.72. The number of hydrogen-bond donors (Lipinski definition) is 1. The Kier molecular flexibility index (Phi) is 12.1. The maximum Gasteiger partial charge on any atom is 0.410 e. The average Bonchev–Trinajstić information content (AvgIpc) is 3.06. The predicted octanol–water partition coefficient (Wildman–Crippen LogP) is 7.94. The molecule has 3 aromatic carbocycles. The molecule has 1 N–H and O–H groups in total. The van der Waals surface area contributed by atoms with E-state index in [0.29, 0.717) is 54.6 Å². The fraction of sp³-hybridized carbons (Fsp3) is 0.400. The van der Waals surface area contributed by atoms with Crippen LogP contribution in [0.1, 0.15) is 57.5 Å². The van der Waals surface area contributed by atoms with E-state index in [-0.39, 0.29) is 37.0 Å². The summed E-state index contributed by atoms with van der Waals surface area (Å²) in [6, 6.07) is 20.0. The third kappa shape index (κ3) is 9.29. The molecule has 0 radical (unpaired) electrons. The molecular weight excluding hydrogens is 718 g/mol. The maximum atomic E-state index is 13.9.